The van der Waals surface area contributed by atoms with Crippen LogP contribution in [-0.2, 0) is 0 Å². The van der Waals surface area contributed by atoms with Gasteiger partial charge in [0.2, 0.25) is 0 Å². The average Bonchev–Trinajstić information content (AvgIpc) is 2.27. The highest BCUT2D eigenvalue weighted by atomic mass is 15.2. The molecule has 0 unspecified atom stereocenters. The minimum atomic E-state index is 0.0476. The van der Waals surface area contributed by atoms with Crippen molar-refractivity contribution in [2.24, 2.45) is 0 Å². The smallest absolute Gasteiger partial charge is 0.130 e. The zero-order chi connectivity index (χ0) is 13.6. The van der Waals surface area contributed by atoms with E-state index in [0.29, 0.717) is 0 Å². The first-order chi connectivity index (χ1) is 8.46. The first-order valence-electron chi connectivity index (χ1n) is 6.96. The molecule has 3 heteroatoms. The van der Waals surface area contributed by atoms with E-state index in [9.17, 15) is 0 Å². The fourth-order valence-electron chi connectivity index (χ4n) is 1.93. The second kappa shape index (κ2) is 6.62. The third-order valence-electron chi connectivity index (χ3n) is 2.55. The Balaban J connectivity index is 2.84. The van der Waals surface area contributed by atoms with E-state index in [0.717, 1.165) is 37.6 Å². The molecule has 1 rings (SSSR count). The van der Waals surface area contributed by atoms with Crippen LogP contribution >= 0.6 is 0 Å². The zero-order valence-corrected chi connectivity index (χ0v) is 12.5. The van der Waals surface area contributed by atoms with Crippen molar-refractivity contribution in [2.45, 2.75) is 53.0 Å². The van der Waals surface area contributed by atoms with Crippen LogP contribution in [0.1, 0.15) is 47.5 Å². The van der Waals surface area contributed by atoms with Crippen LogP contribution in [0.3, 0.4) is 0 Å². The molecule has 0 amide bonds. The van der Waals surface area contributed by atoms with Crippen molar-refractivity contribution < 1.29 is 0 Å². The van der Waals surface area contributed by atoms with Gasteiger partial charge in [-0.15, -0.1) is 0 Å². The fourth-order valence-corrected chi connectivity index (χ4v) is 1.93. The van der Waals surface area contributed by atoms with Crippen molar-refractivity contribution in [1.29, 1.82) is 0 Å². The Bertz CT molecular complexity index is 349. The number of rotatable bonds is 6. The molecule has 1 aromatic heterocycles. The first kappa shape index (κ1) is 14.8. The molecule has 18 heavy (non-hydrogen) atoms. The van der Waals surface area contributed by atoms with Crippen molar-refractivity contribution in [3.8, 4) is 0 Å². The molecule has 0 atom stereocenters. The van der Waals surface area contributed by atoms with E-state index in [-0.39, 0.29) is 5.54 Å². The highest BCUT2D eigenvalue weighted by Crippen LogP contribution is 2.18. The maximum absolute atomic E-state index is 4.71. The molecule has 3 nitrogen and oxygen atoms in total. The molecule has 0 saturated heterocycles. The van der Waals surface area contributed by atoms with Gasteiger partial charge in [0.15, 0.2) is 0 Å². The Morgan fingerprint density at radius 3 is 2.22 bits per heavy atom. The molecule has 0 bridgehead atoms. The van der Waals surface area contributed by atoms with E-state index in [2.05, 4.69) is 57.0 Å². The number of pyridine rings is 1. The summed E-state index contributed by atoms with van der Waals surface area (Å²) in [5.41, 5.74) is 0.0476. The molecule has 0 saturated carbocycles. The molecule has 0 aliphatic carbocycles. The lowest BCUT2D eigenvalue weighted by Crippen LogP contribution is -2.28. The molecule has 0 fully saturated rings. The second-order valence-electron chi connectivity index (χ2n) is 5.74. The molecule has 0 radical (unpaired) electrons. The third-order valence-corrected chi connectivity index (χ3v) is 2.55. The fraction of sp³-hybridized carbons (Fsp3) is 0.667. The van der Waals surface area contributed by atoms with Gasteiger partial charge in [-0.3, -0.25) is 0 Å². The first-order valence-corrected chi connectivity index (χ1v) is 6.96. The van der Waals surface area contributed by atoms with E-state index in [1.54, 1.807) is 0 Å². The van der Waals surface area contributed by atoms with Crippen LogP contribution in [-0.4, -0.2) is 23.6 Å². The lowest BCUT2D eigenvalue weighted by Gasteiger charge is -2.25. The van der Waals surface area contributed by atoms with E-state index in [1.165, 1.54) is 0 Å². The predicted molar refractivity (Wildman–Crippen MR) is 80.4 cm³/mol. The van der Waals surface area contributed by atoms with Crippen molar-refractivity contribution in [3.63, 3.8) is 0 Å². The molecule has 0 aliphatic heterocycles. The number of nitrogens with zero attached hydrogens (tertiary/aromatic N) is 2. The normalized spacial score (nSPS) is 11.4. The summed E-state index contributed by atoms with van der Waals surface area (Å²) in [6.45, 7) is 13.0. The Morgan fingerprint density at radius 2 is 1.72 bits per heavy atom. The summed E-state index contributed by atoms with van der Waals surface area (Å²) in [5, 5.41) is 3.42. The standard InChI is InChI=1S/C15H27N3/c1-6-11-18(12-7-2)14-10-8-9-13(16-14)17-15(3,4)5/h8-10H,6-7,11-12H2,1-5H3,(H,16,17). The van der Waals surface area contributed by atoms with Crippen molar-refractivity contribution >= 4 is 11.6 Å². The maximum Gasteiger partial charge on any atom is 0.130 e. The van der Waals surface area contributed by atoms with E-state index < -0.39 is 0 Å². The number of hydrogen-bond donors (Lipinski definition) is 1. The minimum absolute atomic E-state index is 0.0476. The Kier molecular flexibility index (Phi) is 5.45. The molecular formula is C15H27N3. The highest BCUT2D eigenvalue weighted by molar-refractivity contribution is 5.48. The molecule has 1 N–H and O–H groups in total. The molecule has 0 spiro atoms. The number of anilines is 2. The number of hydrogen-bond acceptors (Lipinski definition) is 3. The number of nitrogens with one attached hydrogen (secondary N) is 1. The summed E-state index contributed by atoms with van der Waals surface area (Å²) < 4.78 is 0. The molecule has 0 aromatic carbocycles. The predicted octanol–water partition coefficient (Wildman–Crippen LogP) is 3.92. The number of aromatic nitrogens is 1. The van der Waals surface area contributed by atoms with Gasteiger partial charge < -0.3 is 10.2 Å². The van der Waals surface area contributed by atoms with Gasteiger partial charge in [0.25, 0.3) is 0 Å². The van der Waals surface area contributed by atoms with Gasteiger partial charge >= 0.3 is 0 Å². The Hall–Kier alpha value is -1.25. The van der Waals surface area contributed by atoms with Gasteiger partial charge in [0.1, 0.15) is 11.6 Å². The summed E-state index contributed by atoms with van der Waals surface area (Å²) in [4.78, 5) is 7.07. The molecule has 102 valence electrons. The Labute approximate surface area is 112 Å². The van der Waals surface area contributed by atoms with E-state index in [1.807, 2.05) is 6.07 Å². The molecular weight excluding hydrogens is 222 g/mol. The van der Waals surface area contributed by atoms with Gasteiger partial charge in [-0.25, -0.2) is 4.98 Å². The minimum Gasteiger partial charge on any atom is -0.365 e. The van der Waals surface area contributed by atoms with Gasteiger partial charge in [0.05, 0.1) is 0 Å². The van der Waals surface area contributed by atoms with Crippen LogP contribution in [0.15, 0.2) is 18.2 Å². The van der Waals surface area contributed by atoms with Crippen LogP contribution in [0.4, 0.5) is 11.6 Å². The SMILES string of the molecule is CCCN(CCC)c1cccc(NC(C)(C)C)n1. The van der Waals surface area contributed by atoms with Crippen LogP contribution in [0.25, 0.3) is 0 Å². The summed E-state index contributed by atoms with van der Waals surface area (Å²) in [7, 11) is 0. The lowest BCUT2D eigenvalue weighted by molar-refractivity contribution is 0.629. The lowest BCUT2D eigenvalue weighted by atomic mass is 10.1. The van der Waals surface area contributed by atoms with Crippen molar-refractivity contribution in [3.05, 3.63) is 18.2 Å². The largest absolute Gasteiger partial charge is 0.365 e. The van der Waals surface area contributed by atoms with Gasteiger partial charge in [-0.1, -0.05) is 19.9 Å². The summed E-state index contributed by atoms with van der Waals surface area (Å²) in [6, 6.07) is 6.21. The topological polar surface area (TPSA) is 28.2 Å². The van der Waals surface area contributed by atoms with Crippen LogP contribution in [0, 0.1) is 0 Å². The average molecular weight is 249 g/mol. The summed E-state index contributed by atoms with van der Waals surface area (Å²) >= 11 is 0. The van der Waals surface area contributed by atoms with E-state index in [4.69, 9.17) is 4.98 Å². The quantitative estimate of drug-likeness (QED) is 0.828. The monoisotopic (exact) mass is 249 g/mol. The van der Waals surface area contributed by atoms with Crippen LogP contribution in [0.2, 0.25) is 0 Å². The zero-order valence-electron chi connectivity index (χ0n) is 12.5. The second-order valence-corrected chi connectivity index (χ2v) is 5.74. The highest BCUT2D eigenvalue weighted by Gasteiger charge is 2.11. The Morgan fingerprint density at radius 1 is 1.11 bits per heavy atom. The van der Waals surface area contributed by atoms with Gasteiger partial charge in [0, 0.05) is 18.6 Å². The third kappa shape index (κ3) is 4.94. The maximum atomic E-state index is 4.71. The van der Waals surface area contributed by atoms with Gasteiger partial charge in [-0.05, 0) is 45.7 Å². The van der Waals surface area contributed by atoms with E-state index >= 15 is 0 Å². The van der Waals surface area contributed by atoms with Gasteiger partial charge in [-0.2, -0.15) is 0 Å². The van der Waals surface area contributed by atoms with Crippen LogP contribution in [0.5, 0.6) is 0 Å². The molecule has 1 heterocycles. The van der Waals surface area contributed by atoms with Crippen molar-refractivity contribution in [1.82, 2.24) is 4.98 Å². The van der Waals surface area contributed by atoms with Crippen LogP contribution < -0.4 is 10.2 Å². The molecule has 0 aliphatic rings. The van der Waals surface area contributed by atoms with Crippen molar-refractivity contribution in [2.75, 3.05) is 23.3 Å². The summed E-state index contributed by atoms with van der Waals surface area (Å²) in [5.74, 6) is 2.03. The molecule has 1 aromatic rings. The summed E-state index contributed by atoms with van der Waals surface area (Å²) in [6.07, 6.45) is 2.30.